The molecule has 1 N–H and O–H groups in total. The van der Waals surface area contributed by atoms with Gasteiger partial charge in [-0.15, -0.1) is 0 Å². The number of anilines is 1. The summed E-state index contributed by atoms with van der Waals surface area (Å²) in [5, 5.41) is 9.02. The average molecular weight is 611 g/mol. The van der Waals surface area contributed by atoms with E-state index in [2.05, 4.69) is 15.9 Å². The lowest BCUT2D eigenvalue weighted by Crippen LogP contribution is -2.57. The van der Waals surface area contributed by atoms with E-state index in [4.69, 9.17) is 19.6 Å². The first kappa shape index (κ1) is 26.9. The van der Waals surface area contributed by atoms with Crippen LogP contribution in [0.15, 0.2) is 113 Å². The van der Waals surface area contributed by atoms with Crippen LogP contribution in [-0.4, -0.2) is 41.6 Å². The molecule has 2 atom stereocenters. The Bertz CT molecular complexity index is 1620. The molecule has 8 heteroatoms. The van der Waals surface area contributed by atoms with E-state index in [0.29, 0.717) is 41.5 Å². The van der Waals surface area contributed by atoms with E-state index in [9.17, 15) is 9.59 Å². The van der Waals surface area contributed by atoms with Crippen molar-refractivity contribution in [1.82, 2.24) is 0 Å². The van der Waals surface area contributed by atoms with Gasteiger partial charge in [-0.05, 0) is 54.1 Å². The second-order valence-corrected chi connectivity index (χ2v) is 10.8. The summed E-state index contributed by atoms with van der Waals surface area (Å²) in [6.07, 6.45) is 0.00833. The molecule has 4 aromatic rings. The molecule has 2 aliphatic heterocycles. The van der Waals surface area contributed by atoms with Crippen LogP contribution in [-0.2, 0) is 16.0 Å². The smallest absolute Gasteiger partial charge is 0.266 e. The number of fused-ring (bicyclic) bond motifs is 1. The normalized spacial score (nSPS) is 19.5. The van der Waals surface area contributed by atoms with Crippen molar-refractivity contribution in [2.24, 2.45) is 4.99 Å². The van der Waals surface area contributed by atoms with E-state index in [-0.39, 0.29) is 13.0 Å². The van der Waals surface area contributed by atoms with E-state index in [0.717, 1.165) is 15.6 Å². The summed E-state index contributed by atoms with van der Waals surface area (Å²) in [6.45, 7) is 0.460. The topological polar surface area (TPSA) is 88.4 Å². The third-order valence-corrected chi connectivity index (χ3v) is 8.04. The Kier molecular flexibility index (Phi) is 7.43. The first-order valence-corrected chi connectivity index (χ1v) is 14.2. The highest BCUT2D eigenvalue weighted by molar-refractivity contribution is 9.10. The quantitative estimate of drug-likeness (QED) is 0.208. The van der Waals surface area contributed by atoms with Crippen LogP contribution in [0.25, 0.3) is 0 Å². The molecular weight excluding hydrogens is 584 g/mol. The van der Waals surface area contributed by atoms with E-state index < -0.39 is 23.5 Å². The first-order chi connectivity index (χ1) is 20.0. The number of aliphatic hydroxyl groups is 1. The second kappa shape index (κ2) is 11.3. The van der Waals surface area contributed by atoms with E-state index in [1.807, 2.05) is 60.7 Å². The molecular formula is C33H27BrN2O5. The van der Waals surface area contributed by atoms with E-state index >= 15 is 0 Å². The molecule has 0 saturated heterocycles. The molecule has 2 amide bonds. The van der Waals surface area contributed by atoms with Crippen LogP contribution in [0.2, 0.25) is 0 Å². The van der Waals surface area contributed by atoms with Crippen LogP contribution < -0.4 is 9.64 Å². The summed E-state index contributed by atoms with van der Waals surface area (Å²) in [6, 6.07) is 31.1. The largest absolute Gasteiger partial charge is 0.494 e. The van der Waals surface area contributed by atoms with Gasteiger partial charge < -0.3 is 14.6 Å². The highest BCUT2D eigenvalue weighted by atomic mass is 79.9. The lowest BCUT2D eigenvalue weighted by Gasteiger charge is -2.40. The number of hydrogen-bond donors (Lipinski definition) is 1. The predicted octanol–water partition coefficient (Wildman–Crippen LogP) is 5.90. The highest BCUT2D eigenvalue weighted by Gasteiger charge is 2.59. The number of nitrogens with zero attached hydrogens (tertiary/aromatic N) is 2. The van der Waals surface area contributed by atoms with Gasteiger partial charge in [0.25, 0.3) is 11.8 Å². The lowest BCUT2D eigenvalue weighted by molar-refractivity contribution is -0.126. The Balaban J connectivity index is 1.47. The summed E-state index contributed by atoms with van der Waals surface area (Å²) >= 11 is 3.65. The SMILES string of the molecule is O=C(c1ccccc1)N1C(=O)[C@]2(Cc3ccccc31)N=C(c1ccc(OCCCO)cc1)O[C@@H]2c1ccccc1Br. The number of aliphatic hydroxyl groups excluding tert-OH is 1. The molecule has 0 fully saturated rings. The first-order valence-electron chi connectivity index (χ1n) is 13.4. The van der Waals surface area contributed by atoms with Gasteiger partial charge in [0, 0.05) is 40.6 Å². The Morgan fingerprint density at radius 2 is 1.68 bits per heavy atom. The van der Waals surface area contributed by atoms with E-state index in [1.54, 1.807) is 42.5 Å². The summed E-state index contributed by atoms with van der Waals surface area (Å²) in [5.74, 6) is 0.110. The van der Waals surface area contributed by atoms with Crippen molar-refractivity contribution in [3.8, 4) is 5.75 Å². The number of carbonyl (C=O) groups excluding carboxylic acids is 2. The number of imide groups is 1. The molecule has 6 rings (SSSR count). The van der Waals surface area contributed by atoms with Gasteiger partial charge in [-0.2, -0.15) is 0 Å². The second-order valence-electron chi connectivity index (χ2n) is 9.93. The number of benzene rings is 4. The zero-order chi connectivity index (χ0) is 28.4. The van der Waals surface area contributed by atoms with Gasteiger partial charge in [0.15, 0.2) is 11.6 Å². The third-order valence-electron chi connectivity index (χ3n) is 7.31. The minimum atomic E-state index is -1.42. The Morgan fingerprint density at radius 1 is 0.976 bits per heavy atom. The molecule has 4 aromatic carbocycles. The fourth-order valence-corrected chi connectivity index (χ4v) is 5.81. The van der Waals surface area contributed by atoms with Crippen LogP contribution in [0, 0.1) is 0 Å². The zero-order valence-electron chi connectivity index (χ0n) is 22.1. The third kappa shape index (κ3) is 4.94. The molecule has 0 radical (unpaired) electrons. The molecule has 206 valence electrons. The summed E-state index contributed by atoms with van der Waals surface area (Å²) in [4.78, 5) is 34.8. The Labute approximate surface area is 246 Å². The molecule has 0 saturated carbocycles. The van der Waals surface area contributed by atoms with Crippen LogP contribution in [0.1, 0.15) is 39.6 Å². The molecule has 0 unspecified atom stereocenters. The molecule has 0 aromatic heterocycles. The molecule has 7 nitrogen and oxygen atoms in total. The molecule has 2 heterocycles. The molecule has 41 heavy (non-hydrogen) atoms. The minimum absolute atomic E-state index is 0.0577. The number of para-hydroxylation sites is 1. The van der Waals surface area contributed by atoms with Crippen LogP contribution >= 0.6 is 15.9 Å². The highest BCUT2D eigenvalue weighted by Crippen LogP contribution is 2.49. The maximum Gasteiger partial charge on any atom is 0.266 e. The molecule has 1 spiro atoms. The standard InChI is InChI=1S/C33H27BrN2O5/c34-27-13-6-5-12-26(27)29-33(35-30(41-29)22-15-17-25(18-16-22)40-20-8-19-37)21-24-11-4-7-14-28(24)36(32(33)39)31(38)23-9-2-1-3-10-23/h1-7,9-18,29,37H,8,19-21H2/t29-,33-/m1/s1. The number of hydrogen-bond acceptors (Lipinski definition) is 6. The molecule has 2 aliphatic rings. The lowest BCUT2D eigenvalue weighted by atomic mass is 9.78. The fourth-order valence-electron chi connectivity index (χ4n) is 5.32. The van der Waals surface area contributed by atoms with Gasteiger partial charge in [0.1, 0.15) is 5.75 Å². The van der Waals surface area contributed by atoms with Crippen LogP contribution in [0.5, 0.6) is 5.75 Å². The van der Waals surface area contributed by atoms with E-state index in [1.165, 1.54) is 4.90 Å². The van der Waals surface area contributed by atoms with Crippen molar-refractivity contribution in [1.29, 1.82) is 0 Å². The molecule has 0 bridgehead atoms. The monoisotopic (exact) mass is 610 g/mol. The van der Waals surface area contributed by atoms with Gasteiger partial charge in [0.05, 0.1) is 12.3 Å². The van der Waals surface area contributed by atoms with Crippen molar-refractivity contribution in [2.75, 3.05) is 18.1 Å². The van der Waals surface area contributed by atoms with Crippen molar-refractivity contribution >= 4 is 39.3 Å². The Hall–Kier alpha value is -4.27. The minimum Gasteiger partial charge on any atom is -0.494 e. The van der Waals surface area contributed by atoms with Gasteiger partial charge in [-0.25, -0.2) is 9.89 Å². The number of rotatable bonds is 7. The van der Waals surface area contributed by atoms with Gasteiger partial charge in [0.2, 0.25) is 5.90 Å². The van der Waals surface area contributed by atoms with Crippen molar-refractivity contribution in [3.63, 3.8) is 0 Å². The number of ether oxygens (including phenoxy) is 2. The molecule has 0 aliphatic carbocycles. The van der Waals surface area contributed by atoms with Crippen LogP contribution in [0.3, 0.4) is 0 Å². The van der Waals surface area contributed by atoms with Gasteiger partial charge in [-0.1, -0.05) is 70.5 Å². The summed E-state index contributed by atoms with van der Waals surface area (Å²) in [7, 11) is 0. The predicted molar refractivity (Wildman–Crippen MR) is 159 cm³/mol. The van der Waals surface area contributed by atoms with Crippen LogP contribution in [0.4, 0.5) is 5.69 Å². The maximum absolute atomic E-state index is 14.7. The average Bonchev–Trinajstić information content (AvgIpc) is 3.38. The van der Waals surface area contributed by atoms with Crippen molar-refractivity contribution in [3.05, 3.63) is 130 Å². The number of amides is 2. The maximum atomic E-state index is 14.7. The number of aliphatic imine (C=N–C) groups is 1. The van der Waals surface area contributed by atoms with Crippen molar-refractivity contribution < 1.29 is 24.2 Å². The van der Waals surface area contributed by atoms with Gasteiger partial charge in [-0.3, -0.25) is 9.59 Å². The fraction of sp³-hybridized carbons (Fsp3) is 0.182. The zero-order valence-corrected chi connectivity index (χ0v) is 23.7. The number of carbonyl (C=O) groups is 2. The Morgan fingerprint density at radius 3 is 2.44 bits per heavy atom. The summed E-state index contributed by atoms with van der Waals surface area (Å²) in [5.41, 5.74) is 1.81. The van der Waals surface area contributed by atoms with Gasteiger partial charge >= 0.3 is 0 Å². The van der Waals surface area contributed by atoms with Crippen molar-refractivity contribution in [2.45, 2.75) is 24.5 Å². The summed E-state index contributed by atoms with van der Waals surface area (Å²) < 4.78 is 13.0. The number of halogens is 1.